The van der Waals surface area contributed by atoms with E-state index < -0.39 is 0 Å². The van der Waals surface area contributed by atoms with E-state index in [4.69, 9.17) is 11.1 Å². The minimum Gasteiger partial charge on any atom is -0.384 e. The van der Waals surface area contributed by atoms with Crippen molar-refractivity contribution >= 4 is 28.9 Å². The minimum absolute atomic E-state index is 0.108. The number of hydrogen-bond acceptors (Lipinski definition) is 5. The van der Waals surface area contributed by atoms with Crippen LogP contribution in [0.2, 0.25) is 0 Å². The molecule has 0 fully saturated rings. The second-order valence-electron chi connectivity index (χ2n) is 3.93. The number of rotatable bonds is 4. The van der Waals surface area contributed by atoms with Crippen molar-refractivity contribution in [2.45, 2.75) is 23.9 Å². The molecule has 3 N–H and O–H groups in total. The van der Waals surface area contributed by atoms with Crippen molar-refractivity contribution in [3.05, 3.63) is 39.9 Å². The highest BCUT2D eigenvalue weighted by molar-refractivity contribution is 8.00. The maximum atomic E-state index is 7.40. The summed E-state index contributed by atoms with van der Waals surface area (Å²) in [5, 5.41) is 16.5. The quantitative estimate of drug-likeness (QED) is 0.512. The molecule has 0 unspecified atom stereocenters. The van der Waals surface area contributed by atoms with Crippen molar-refractivity contribution in [2.24, 2.45) is 5.73 Å². The van der Waals surface area contributed by atoms with Crippen LogP contribution in [0.4, 0.5) is 0 Å². The zero-order chi connectivity index (χ0) is 13.1. The van der Waals surface area contributed by atoms with Crippen LogP contribution in [0.1, 0.15) is 21.7 Å². The zero-order valence-electron chi connectivity index (χ0n) is 10.2. The van der Waals surface area contributed by atoms with E-state index >= 15 is 0 Å². The number of thioether (sulfide) groups is 1. The smallest absolute Gasteiger partial charge is 0.174 e. The monoisotopic (exact) mass is 278 g/mol. The van der Waals surface area contributed by atoms with Gasteiger partial charge in [0.2, 0.25) is 0 Å². The Kier molecular flexibility index (Phi) is 3.98. The van der Waals surface area contributed by atoms with Gasteiger partial charge in [-0.15, -0.1) is 10.2 Å². The van der Waals surface area contributed by atoms with E-state index in [1.165, 1.54) is 5.56 Å². The Morgan fingerprint density at radius 1 is 1.39 bits per heavy atom. The van der Waals surface area contributed by atoms with Gasteiger partial charge in [0, 0.05) is 11.3 Å². The minimum atomic E-state index is 0.108. The Labute approximate surface area is 114 Å². The molecule has 2 rings (SSSR count). The Morgan fingerprint density at radius 3 is 2.72 bits per heavy atom. The molecule has 0 aliphatic carbocycles. The predicted molar refractivity (Wildman–Crippen MR) is 76.4 cm³/mol. The van der Waals surface area contributed by atoms with Crippen LogP contribution in [0, 0.1) is 19.3 Å². The zero-order valence-corrected chi connectivity index (χ0v) is 11.9. The van der Waals surface area contributed by atoms with E-state index in [0.29, 0.717) is 0 Å². The molecule has 1 aromatic heterocycles. The number of nitrogens with one attached hydrogen (secondary N) is 1. The Morgan fingerprint density at radius 2 is 2.17 bits per heavy atom. The lowest BCUT2D eigenvalue weighted by Crippen LogP contribution is -2.11. The molecule has 0 aliphatic heterocycles. The standard InChI is InChI=1S/C12H14N4S2/c1-7-5-9(11(13)14)3-4-10(7)6-17-12-16-15-8(2)18-12/h3-5H,6H2,1-2H3,(H3,13,14). The van der Waals surface area contributed by atoms with Gasteiger partial charge >= 0.3 is 0 Å². The van der Waals surface area contributed by atoms with Gasteiger partial charge < -0.3 is 5.73 Å². The normalized spacial score (nSPS) is 10.6. The molecule has 0 aliphatic rings. The first kappa shape index (κ1) is 13.0. The average molecular weight is 278 g/mol. The fourth-order valence-corrected chi connectivity index (χ4v) is 3.39. The fraction of sp³-hybridized carbons (Fsp3) is 0.250. The first-order valence-electron chi connectivity index (χ1n) is 5.43. The number of hydrogen-bond donors (Lipinski definition) is 2. The van der Waals surface area contributed by atoms with Crippen LogP contribution in [0.5, 0.6) is 0 Å². The number of amidine groups is 1. The summed E-state index contributed by atoms with van der Waals surface area (Å²) in [4.78, 5) is 0. The molecule has 0 amide bonds. The summed E-state index contributed by atoms with van der Waals surface area (Å²) in [7, 11) is 0. The Hall–Kier alpha value is -1.40. The van der Waals surface area contributed by atoms with E-state index in [2.05, 4.69) is 10.2 Å². The summed E-state index contributed by atoms with van der Waals surface area (Å²) in [5.41, 5.74) is 8.62. The molecule has 0 spiro atoms. The van der Waals surface area contributed by atoms with E-state index in [1.54, 1.807) is 23.1 Å². The van der Waals surface area contributed by atoms with Crippen molar-refractivity contribution in [3.63, 3.8) is 0 Å². The van der Waals surface area contributed by atoms with E-state index in [-0.39, 0.29) is 5.84 Å². The van der Waals surface area contributed by atoms with Gasteiger partial charge in [-0.05, 0) is 31.0 Å². The highest BCUT2D eigenvalue weighted by atomic mass is 32.2. The van der Waals surface area contributed by atoms with Gasteiger partial charge in [0.25, 0.3) is 0 Å². The van der Waals surface area contributed by atoms with Crippen LogP contribution in [-0.4, -0.2) is 16.0 Å². The molecule has 94 valence electrons. The van der Waals surface area contributed by atoms with Gasteiger partial charge in [0.05, 0.1) is 0 Å². The van der Waals surface area contributed by atoms with Gasteiger partial charge in [-0.25, -0.2) is 0 Å². The third-order valence-electron chi connectivity index (χ3n) is 2.51. The second-order valence-corrected chi connectivity index (χ2v) is 6.33. The summed E-state index contributed by atoms with van der Waals surface area (Å²) in [6.45, 7) is 3.99. The third-order valence-corrected chi connectivity index (χ3v) is 4.53. The molecule has 6 heteroatoms. The molecule has 0 bridgehead atoms. The molecule has 0 saturated heterocycles. The molecule has 2 aromatic rings. The predicted octanol–water partition coefficient (Wildman–Crippen LogP) is 2.73. The number of aryl methyl sites for hydroxylation is 2. The summed E-state index contributed by atoms with van der Waals surface area (Å²) >= 11 is 3.29. The van der Waals surface area contributed by atoms with Crippen molar-refractivity contribution in [1.82, 2.24) is 10.2 Å². The van der Waals surface area contributed by atoms with Crippen LogP contribution in [0.3, 0.4) is 0 Å². The molecular weight excluding hydrogens is 264 g/mol. The molecular formula is C12H14N4S2. The van der Waals surface area contributed by atoms with Crippen LogP contribution in [0.15, 0.2) is 22.5 Å². The maximum Gasteiger partial charge on any atom is 0.174 e. The highest BCUT2D eigenvalue weighted by Crippen LogP contribution is 2.27. The summed E-state index contributed by atoms with van der Waals surface area (Å²) in [5.74, 6) is 0.968. The highest BCUT2D eigenvalue weighted by Gasteiger charge is 2.05. The number of nitrogens with two attached hydrogens (primary N) is 1. The SMILES string of the molecule is Cc1nnc(SCc2ccc(C(=N)N)cc2C)s1. The summed E-state index contributed by atoms with van der Waals surface area (Å²) in [6, 6.07) is 5.85. The molecule has 0 atom stereocenters. The van der Waals surface area contributed by atoms with Crippen LogP contribution >= 0.6 is 23.1 Å². The lowest BCUT2D eigenvalue weighted by Gasteiger charge is -2.06. The second kappa shape index (κ2) is 5.49. The molecule has 18 heavy (non-hydrogen) atoms. The van der Waals surface area contributed by atoms with Gasteiger partial charge in [-0.3, -0.25) is 5.41 Å². The number of benzene rings is 1. The van der Waals surface area contributed by atoms with Crippen molar-refractivity contribution in [1.29, 1.82) is 5.41 Å². The molecule has 0 radical (unpaired) electrons. The third kappa shape index (κ3) is 3.08. The fourth-order valence-electron chi connectivity index (χ4n) is 1.50. The molecule has 4 nitrogen and oxygen atoms in total. The van der Waals surface area contributed by atoms with E-state index in [1.807, 2.05) is 32.0 Å². The van der Waals surface area contributed by atoms with Gasteiger partial charge in [-0.2, -0.15) is 0 Å². The van der Waals surface area contributed by atoms with E-state index in [0.717, 1.165) is 26.2 Å². The Bertz CT molecular complexity index is 577. The largest absolute Gasteiger partial charge is 0.384 e. The van der Waals surface area contributed by atoms with Crippen LogP contribution in [0.25, 0.3) is 0 Å². The Balaban J connectivity index is 2.08. The van der Waals surface area contributed by atoms with Gasteiger partial charge in [-0.1, -0.05) is 35.2 Å². The maximum absolute atomic E-state index is 7.40. The van der Waals surface area contributed by atoms with E-state index in [9.17, 15) is 0 Å². The summed E-state index contributed by atoms with van der Waals surface area (Å²) in [6.07, 6.45) is 0. The van der Waals surface area contributed by atoms with Crippen molar-refractivity contribution in [2.75, 3.05) is 0 Å². The number of nitrogen functional groups attached to an aromatic ring is 1. The molecule has 0 saturated carbocycles. The lowest BCUT2D eigenvalue weighted by atomic mass is 10.1. The first-order chi connectivity index (χ1) is 8.56. The van der Waals surface area contributed by atoms with Crippen molar-refractivity contribution in [3.8, 4) is 0 Å². The topological polar surface area (TPSA) is 75.7 Å². The van der Waals surface area contributed by atoms with Crippen LogP contribution < -0.4 is 5.73 Å². The summed E-state index contributed by atoms with van der Waals surface area (Å²) < 4.78 is 0.988. The van der Waals surface area contributed by atoms with Gasteiger partial charge in [0.1, 0.15) is 10.8 Å². The van der Waals surface area contributed by atoms with Crippen LogP contribution in [-0.2, 0) is 5.75 Å². The van der Waals surface area contributed by atoms with Gasteiger partial charge in [0.15, 0.2) is 4.34 Å². The first-order valence-corrected chi connectivity index (χ1v) is 7.23. The lowest BCUT2D eigenvalue weighted by molar-refractivity contribution is 0.983. The number of nitrogens with zero attached hydrogens (tertiary/aromatic N) is 2. The number of aromatic nitrogens is 2. The molecule has 1 heterocycles. The average Bonchev–Trinajstić information content (AvgIpc) is 2.73. The molecule has 1 aromatic carbocycles. The van der Waals surface area contributed by atoms with Crippen molar-refractivity contribution < 1.29 is 0 Å².